The zero-order valence-electron chi connectivity index (χ0n) is 19.7. The Kier molecular flexibility index (Phi) is 7.41. The zero-order chi connectivity index (χ0) is 23.2. The van der Waals surface area contributed by atoms with Gasteiger partial charge in [0.15, 0.2) is 19.7 Å². The molecule has 1 fully saturated rings. The van der Waals surface area contributed by atoms with Gasteiger partial charge >= 0.3 is 6.09 Å². The number of aliphatic imine (C=N–C) groups is 1. The molecule has 2 aliphatic rings. The van der Waals surface area contributed by atoms with E-state index < -0.39 is 56.0 Å². The van der Waals surface area contributed by atoms with Gasteiger partial charge in [0.25, 0.3) is 0 Å². The van der Waals surface area contributed by atoms with Gasteiger partial charge in [-0.05, 0) is 45.8 Å². The molecule has 0 aromatic heterocycles. The first-order chi connectivity index (χ1) is 13.4. The van der Waals surface area contributed by atoms with Gasteiger partial charge in [0, 0.05) is 7.05 Å². The monoisotopic (exact) mass is 464 g/mol. The number of aliphatic hydroxyl groups excluding tert-OH is 1. The summed E-state index contributed by atoms with van der Waals surface area (Å²) in [6.45, 7) is 17.2. The molecule has 174 valence electrons. The number of fused-ring (bicyclic) bond motifs is 1. The van der Waals surface area contributed by atoms with Gasteiger partial charge in [0.2, 0.25) is 0 Å². The molecule has 0 saturated carbocycles. The number of alkyl halides is 1. The van der Waals surface area contributed by atoms with Crippen LogP contribution >= 0.6 is 11.8 Å². The van der Waals surface area contributed by atoms with Gasteiger partial charge in [0.05, 0.1) is 6.10 Å². The van der Waals surface area contributed by atoms with Crippen LogP contribution in [0, 0.1) is 0 Å². The van der Waals surface area contributed by atoms with Crippen LogP contribution in [0.15, 0.2) is 4.99 Å². The second-order valence-electron chi connectivity index (χ2n) is 10.6. The Morgan fingerprint density at radius 1 is 1.30 bits per heavy atom. The van der Waals surface area contributed by atoms with E-state index in [2.05, 4.69) is 25.8 Å². The molecule has 0 spiro atoms. The summed E-state index contributed by atoms with van der Waals surface area (Å²) in [7, 11) is -0.778. The van der Waals surface area contributed by atoms with Crippen molar-refractivity contribution >= 4 is 31.3 Å². The number of rotatable bonds is 3. The molecule has 6 atom stereocenters. The SMILES string of the molecule is CC(O)[C@H]1O[C@@H]2SC(N(C)C(=O)OC(C)(C)C)=N[C@@H]2[C@@H](F)[C@@H]1O[Si](C)(C)C(C)(C)C. The average Bonchev–Trinajstić information content (AvgIpc) is 2.97. The lowest BCUT2D eigenvalue weighted by molar-refractivity contribution is -0.159. The van der Waals surface area contributed by atoms with E-state index in [1.807, 2.05) is 13.1 Å². The first-order valence-corrected chi connectivity index (χ1v) is 14.1. The van der Waals surface area contributed by atoms with Crippen LogP contribution < -0.4 is 0 Å². The minimum Gasteiger partial charge on any atom is -0.443 e. The summed E-state index contributed by atoms with van der Waals surface area (Å²) in [5.41, 5.74) is -1.29. The molecule has 2 aliphatic heterocycles. The molecule has 2 rings (SSSR count). The highest BCUT2D eigenvalue weighted by molar-refractivity contribution is 8.14. The molecule has 30 heavy (non-hydrogen) atoms. The zero-order valence-corrected chi connectivity index (χ0v) is 21.5. The quantitative estimate of drug-likeness (QED) is 0.632. The van der Waals surface area contributed by atoms with Crippen molar-refractivity contribution in [2.75, 3.05) is 7.05 Å². The van der Waals surface area contributed by atoms with E-state index in [0.717, 1.165) is 0 Å². The fourth-order valence-corrected chi connectivity index (χ4v) is 5.40. The highest BCUT2D eigenvalue weighted by Crippen LogP contribution is 2.44. The van der Waals surface area contributed by atoms with Crippen molar-refractivity contribution in [3.8, 4) is 0 Å². The third kappa shape index (κ3) is 5.56. The fraction of sp³-hybridized carbons (Fsp3) is 0.900. The Hall–Kier alpha value is -0.683. The summed E-state index contributed by atoms with van der Waals surface area (Å²) < 4.78 is 33.5. The van der Waals surface area contributed by atoms with Crippen LogP contribution in [0.4, 0.5) is 9.18 Å². The van der Waals surface area contributed by atoms with Crippen LogP contribution in [0.5, 0.6) is 0 Å². The van der Waals surface area contributed by atoms with Crippen molar-refractivity contribution in [3.05, 3.63) is 0 Å². The van der Waals surface area contributed by atoms with E-state index in [-0.39, 0.29) is 5.04 Å². The van der Waals surface area contributed by atoms with Gasteiger partial charge in [-0.2, -0.15) is 0 Å². The standard InChI is InChI=1S/C20H37FN2O5SSi/c1-11(24)14-15(28-30(9,10)20(5,6)7)12(21)13-16(26-14)29-17(22-13)23(8)18(25)27-19(2,3)4/h11-16,24H,1-10H3/t11?,12-,13-,14-,15+,16-/m1/s1. The lowest BCUT2D eigenvalue weighted by atomic mass is 9.96. The molecule has 10 heteroatoms. The molecule has 1 amide bonds. The predicted octanol–water partition coefficient (Wildman–Crippen LogP) is 4.16. The number of hydrogen-bond donors (Lipinski definition) is 1. The summed E-state index contributed by atoms with van der Waals surface area (Å²) in [6.07, 6.45) is -4.68. The minimum atomic E-state index is -2.32. The third-order valence-corrected chi connectivity index (χ3v) is 11.4. The van der Waals surface area contributed by atoms with Crippen LogP contribution in [0.3, 0.4) is 0 Å². The van der Waals surface area contributed by atoms with Crippen molar-refractivity contribution in [2.24, 2.45) is 4.99 Å². The predicted molar refractivity (Wildman–Crippen MR) is 120 cm³/mol. The number of nitrogens with zero attached hydrogens (tertiary/aromatic N) is 2. The first-order valence-electron chi connectivity index (χ1n) is 10.3. The van der Waals surface area contributed by atoms with Gasteiger partial charge in [-0.1, -0.05) is 32.5 Å². The summed E-state index contributed by atoms with van der Waals surface area (Å²) in [5, 5.41) is 10.5. The number of ether oxygens (including phenoxy) is 2. The number of thioether (sulfide) groups is 1. The van der Waals surface area contributed by atoms with Gasteiger partial charge < -0.3 is 19.0 Å². The summed E-state index contributed by atoms with van der Waals surface area (Å²) in [4.78, 5) is 18.1. The van der Waals surface area contributed by atoms with Crippen molar-refractivity contribution in [1.82, 2.24) is 4.90 Å². The molecular weight excluding hydrogens is 427 g/mol. The lowest BCUT2D eigenvalue weighted by Gasteiger charge is -2.46. The Bertz CT molecular complexity index is 677. The van der Waals surface area contributed by atoms with Crippen LogP contribution in [-0.4, -0.2) is 78.2 Å². The number of amidine groups is 1. The molecule has 1 unspecified atom stereocenters. The Labute approximate surface area is 184 Å². The van der Waals surface area contributed by atoms with Crippen molar-refractivity contribution < 1.29 is 28.2 Å². The van der Waals surface area contributed by atoms with E-state index in [9.17, 15) is 9.90 Å². The summed E-state index contributed by atoms with van der Waals surface area (Å²) >= 11 is 1.17. The number of carbonyl (C=O) groups is 1. The Morgan fingerprint density at radius 2 is 1.87 bits per heavy atom. The molecule has 1 saturated heterocycles. The Morgan fingerprint density at radius 3 is 2.33 bits per heavy atom. The minimum absolute atomic E-state index is 0.122. The van der Waals surface area contributed by atoms with Crippen molar-refractivity contribution in [3.63, 3.8) is 0 Å². The van der Waals surface area contributed by atoms with Gasteiger partial charge in [-0.25, -0.2) is 9.18 Å². The average molecular weight is 465 g/mol. The highest BCUT2D eigenvalue weighted by Gasteiger charge is 2.55. The fourth-order valence-electron chi connectivity index (χ4n) is 2.94. The number of halogens is 1. The largest absolute Gasteiger partial charge is 0.443 e. The van der Waals surface area contributed by atoms with Gasteiger partial charge in [-0.3, -0.25) is 9.89 Å². The van der Waals surface area contributed by atoms with Crippen LogP contribution in [0.1, 0.15) is 48.5 Å². The van der Waals surface area contributed by atoms with Crippen LogP contribution in [0.25, 0.3) is 0 Å². The maximum atomic E-state index is 15.7. The molecule has 0 bridgehead atoms. The topological polar surface area (TPSA) is 80.6 Å². The molecule has 0 aromatic rings. The second-order valence-corrected chi connectivity index (χ2v) is 16.4. The van der Waals surface area contributed by atoms with Crippen LogP contribution in [0.2, 0.25) is 18.1 Å². The lowest BCUT2D eigenvalue weighted by Crippen LogP contribution is -2.61. The molecule has 0 radical (unpaired) electrons. The molecule has 7 nitrogen and oxygen atoms in total. The summed E-state index contributed by atoms with van der Waals surface area (Å²) in [6, 6.07) is -0.820. The molecule has 0 aliphatic carbocycles. The smallest absolute Gasteiger partial charge is 0.416 e. The van der Waals surface area contributed by atoms with E-state index >= 15 is 4.39 Å². The summed E-state index contributed by atoms with van der Waals surface area (Å²) in [5.74, 6) is 0. The molecule has 1 N–H and O–H groups in total. The number of hydrogen-bond acceptors (Lipinski definition) is 7. The van der Waals surface area contributed by atoms with Crippen molar-refractivity contribution in [2.45, 2.75) is 108 Å². The molecular formula is C20H37FN2O5SSi. The maximum absolute atomic E-state index is 15.7. The van der Waals surface area contributed by atoms with Gasteiger partial charge in [0.1, 0.15) is 29.3 Å². The molecule has 2 heterocycles. The number of amides is 1. The number of carbonyl (C=O) groups excluding carboxylic acids is 1. The van der Waals surface area contributed by atoms with Gasteiger partial charge in [-0.15, -0.1) is 0 Å². The van der Waals surface area contributed by atoms with Crippen molar-refractivity contribution in [1.29, 1.82) is 0 Å². The van der Waals surface area contributed by atoms with E-state index in [1.54, 1.807) is 34.7 Å². The highest BCUT2D eigenvalue weighted by atomic mass is 32.2. The maximum Gasteiger partial charge on any atom is 0.416 e. The normalized spacial score (nSPS) is 31.1. The second kappa shape index (κ2) is 8.69. The number of aliphatic hydroxyl groups is 1. The van der Waals surface area contributed by atoms with Crippen LogP contribution in [-0.2, 0) is 13.9 Å². The van der Waals surface area contributed by atoms with E-state index in [0.29, 0.717) is 5.17 Å². The molecule has 0 aromatic carbocycles. The van der Waals surface area contributed by atoms with E-state index in [4.69, 9.17) is 13.9 Å². The first kappa shape index (κ1) is 25.6. The third-order valence-electron chi connectivity index (χ3n) is 5.68. The Balaban J connectivity index is 2.25. The van der Waals surface area contributed by atoms with E-state index in [1.165, 1.54) is 16.7 Å².